The van der Waals surface area contributed by atoms with E-state index in [0.29, 0.717) is 6.54 Å². The van der Waals surface area contributed by atoms with Crippen molar-refractivity contribution < 1.29 is 4.79 Å². The molecular formula is C36H43NOS. The smallest absolute Gasteiger partial charge is 0.264 e. The molecule has 1 saturated carbocycles. The fourth-order valence-electron chi connectivity index (χ4n) is 5.77. The van der Waals surface area contributed by atoms with Crippen molar-refractivity contribution in [2.45, 2.75) is 85.2 Å². The highest BCUT2D eigenvalue weighted by atomic mass is 32.1. The van der Waals surface area contributed by atoms with E-state index >= 15 is 0 Å². The number of carbonyl (C=O) groups excluding carboxylic acids is 1. The number of hydrogen-bond donors (Lipinski definition) is 0. The number of amides is 1. The van der Waals surface area contributed by atoms with Gasteiger partial charge in [-0.25, -0.2) is 0 Å². The molecule has 1 aliphatic rings. The lowest BCUT2D eigenvalue weighted by atomic mass is 9.92. The second kappa shape index (κ2) is 13.3. The fraction of sp³-hybridized carbons (Fsp3) is 0.361. The van der Waals surface area contributed by atoms with Crippen LogP contribution in [0.4, 0.5) is 0 Å². The molecule has 0 atom stereocenters. The Bertz CT molecular complexity index is 1350. The Hall–Kier alpha value is -3.17. The van der Waals surface area contributed by atoms with Crippen molar-refractivity contribution in [1.82, 2.24) is 4.90 Å². The minimum absolute atomic E-state index is 0.168. The van der Waals surface area contributed by atoms with E-state index in [9.17, 15) is 4.79 Å². The van der Waals surface area contributed by atoms with Crippen LogP contribution in [-0.2, 0) is 13.0 Å². The number of thiophene rings is 1. The molecule has 39 heavy (non-hydrogen) atoms. The van der Waals surface area contributed by atoms with Gasteiger partial charge in [-0.1, -0.05) is 99.9 Å². The number of aryl methyl sites for hydroxylation is 1. The molecule has 0 spiro atoms. The van der Waals surface area contributed by atoms with Crippen molar-refractivity contribution in [1.29, 1.82) is 0 Å². The van der Waals surface area contributed by atoms with Crippen LogP contribution in [0, 0.1) is 6.92 Å². The van der Waals surface area contributed by atoms with Crippen LogP contribution in [-0.4, -0.2) is 16.8 Å². The van der Waals surface area contributed by atoms with Gasteiger partial charge in [0.2, 0.25) is 0 Å². The number of allylic oxidation sites excluding steroid dienone is 2. The Morgan fingerprint density at radius 2 is 1.74 bits per heavy atom. The molecule has 1 heterocycles. The van der Waals surface area contributed by atoms with Crippen molar-refractivity contribution in [2.75, 3.05) is 0 Å². The topological polar surface area (TPSA) is 20.3 Å². The Kier molecular flexibility index (Phi) is 9.80. The minimum atomic E-state index is 0.168. The molecule has 4 rings (SSSR count). The molecule has 1 aromatic heterocycles. The number of hydrogen-bond acceptors (Lipinski definition) is 2. The molecule has 1 aliphatic carbocycles. The van der Waals surface area contributed by atoms with Gasteiger partial charge in [-0.2, -0.15) is 0 Å². The molecule has 3 aromatic rings. The van der Waals surface area contributed by atoms with Gasteiger partial charge in [-0.05, 0) is 91.1 Å². The summed E-state index contributed by atoms with van der Waals surface area (Å²) in [5.74, 6) is 0.168. The molecule has 1 fully saturated rings. The largest absolute Gasteiger partial charge is 0.331 e. The fourth-order valence-corrected chi connectivity index (χ4v) is 7.01. The lowest BCUT2D eigenvalue weighted by Gasteiger charge is -2.35. The maximum atomic E-state index is 14.4. The van der Waals surface area contributed by atoms with E-state index < -0.39 is 0 Å². The first-order valence-electron chi connectivity index (χ1n) is 14.5. The monoisotopic (exact) mass is 537 g/mol. The normalized spacial score (nSPS) is 14.1. The Labute approximate surface area is 239 Å². The van der Waals surface area contributed by atoms with Crippen molar-refractivity contribution in [3.05, 3.63) is 99.3 Å². The van der Waals surface area contributed by atoms with Gasteiger partial charge in [0.25, 0.3) is 5.91 Å². The molecule has 2 nitrogen and oxygen atoms in total. The standard InChI is InChI=1S/C36H43NOS/c1-7-13-28-21-22-30(29-19-17-27(18-20-29)25(4)5)23-31(28)24-37(32-15-11-10-12-16-32)36(38)35-26(6)33(9-3)34(39-35)14-8-2/h8-9,14,17-23,32H,3-4,7,10-13,15-16,24H2,1-2,5-6H3/b14-8-. The van der Waals surface area contributed by atoms with E-state index in [-0.39, 0.29) is 11.9 Å². The van der Waals surface area contributed by atoms with Gasteiger partial charge in [0, 0.05) is 17.5 Å². The molecule has 0 saturated heterocycles. The predicted octanol–water partition coefficient (Wildman–Crippen LogP) is 10.4. The van der Waals surface area contributed by atoms with Gasteiger partial charge >= 0.3 is 0 Å². The molecule has 3 heteroatoms. The Balaban J connectivity index is 1.75. The summed E-state index contributed by atoms with van der Waals surface area (Å²) in [6.07, 6.45) is 13.9. The number of rotatable bonds is 10. The van der Waals surface area contributed by atoms with Crippen LogP contribution >= 0.6 is 11.3 Å². The van der Waals surface area contributed by atoms with Gasteiger partial charge in [-0.15, -0.1) is 11.3 Å². The molecule has 0 radical (unpaired) electrons. The molecule has 2 aromatic carbocycles. The number of benzene rings is 2. The quantitative estimate of drug-likeness (QED) is 0.252. The van der Waals surface area contributed by atoms with Crippen LogP contribution in [0.25, 0.3) is 28.9 Å². The third-order valence-electron chi connectivity index (χ3n) is 7.99. The van der Waals surface area contributed by atoms with Crippen LogP contribution in [0.2, 0.25) is 0 Å². The summed E-state index contributed by atoms with van der Waals surface area (Å²) >= 11 is 1.61. The highest BCUT2D eigenvalue weighted by Crippen LogP contribution is 2.35. The zero-order chi connectivity index (χ0) is 27.9. The summed E-state index contributed by atoms with van der Waals surface area (Å²) in [7, 11) is 0. The maximum Gasteiger partial charge on any atom is 0.264 e. The second-order valence-electron chi connectivity index (χ2n) is 10.9. The number of nitrogens with zero attached hydrogens (tertiary/aromatic N) is 1. The molecule has 1 amide bonds. The van der Waals surface area contributed by atoms with Crippen LogP contribution in [0.15, 0.2) is 61.7 Å². The van der Waals surface area contributed by atoms with E-state index in [1.54, 1.807) is 11.3 Å². The lowest BCUT2D eigenvalue weighted by molar-refractivity contribution is 0.0618. The van der Waals surface area contributed by atoms with Crippen molar-refractivity contribution >= 4 is 35.0 Å². The van der Waals surface area contributed by atoms with Crippen LogP contribution < -0.4 is 0 Å². The molecule has 204 valence electrons. The highest BCUT2D eigenvalue weighted by molar-refractivity contribution is 7.15. The van der Waals surface area contributed by atoms with Gasteiger partial charge in [0.05, 0.1) is 4.88 Å². The van der Waals surface area contributed by atoms with E-state index in [4.69, 9.17) is 0 Å². The van der Waals surface area contributed by atoms with Gasteiger partial charge < -0.3 is 4.90 Å². The van der Waals surface area contributed by atoms with Crippen LogP contribution in [0.5, 0.6) is 0 Å². The third kappa shape index (κ3) is 6.53. The summed E-state index contributed by atoms with van der Waals surface area (Å²) in [6, 6.07) is 15.8. The zero-order valence-electron chi connectivity index (χ0n) is 24.2. The van der Waals surface area contributed by atoms with Crippen molar-refractivity contribution in [3.8, 4) is 11.1 Å². The van der Waals surface area contributed by atoms with E-state index in [1.807, 2.05) is 26.0 Å². The summed E-state index contributed by atoms with van der Waals surface area (Å²) in [5.41, 5.74) is 9.38. The Morgan fingerprint density at radius 1 is 1.05 bits per heavy atom. The first-order chi connectivity index (χ1) is 18.9. The number of carbonyl (C=O) groups is 1. The second-order valence-corrected chi connectivity index (χ2v) is 11.9. The van der Waals surface area contributed by atoms with Gasteiger partial charge in [-0.3, -0.25) is 4.79 Å². The SMILES string of the molecule is C=Cc1c(/C=C\C)sc(C(=O)N(Cc2cc(-c3ccc(C(=C)C)cc3)ccc2CCC)C2CCCCC2)c1C. The zero-order valence-corrected chi connectivity index (χ0v) is 25.0. The van der Waals surface area contributed by atoms with Gasteiger partial charge in [0.15, 0.2) is 0 Å². The molecule has 0 unspecified atom stereocenters. The summed E-state index contributed by atoms with van der Waals surface area (Å²) in [4.78, 5) is 18.5. The van der Waals surface area contributed by atoms with Crippen LogP contribution in [0.3, 0.4) is 0 Å². The first kappa shape index (κ1) is 28.8. The Morgan fingerprint density at radius 3 is 2.36 bits per heavy atom. The summed E-state index contributed by atoms with van der Waals surface area (Å²) in [5, 5.41) is 0. The molecule has 0 N–H and O–H groups in total. The highest BCUT2D eigenvalue weighted by Gasteiger charge is 2.30. The predicted molar refractivity (Wildman–Crippen MR) is 171 cm³/mol. The van der Waals surface area contributed by atoms with Crippen molar-refractivity contribution in [2.24, 2.45) is 0 Å². The summed E-state index contributed by atoms with van der Waals surface area (Å²) in [6.45, 7) is 17.1. The van der Waals surface area contributed by atoms with Crippen molar-refractivity contribution in [3.63, 3.8) is 0 Å². The molecule has 0 aliphatic heterocycles. The average Bonchev–Trinajstić information content (AvgIpc) is 3.27. The van der Waals surface area contributed by atoms with E-state index in [0.717, 1.165) is 57.7 Å². The first-order valence-corrected chi connectivity index (χ1v) is 15.3. The van der Waals surface area contributed by atoms with Crippen LogP contribution in [0.1, 0.15) is 102 Å². The van der Waals surface area contributed by atoms with E-state index in [1.165, 1.54) is 41.5 Å². The summed E-state index contributed by atoms with van der Waals surface area (Å²) < 4.78 is 0. The molecule has 0 bridgehead atoms. The average molecular weight is 538 g/mol. The maximum absolute atomic E-state index is 14.4. The third-order valence-corrected chi connectivity index (χ3v) is 9.25. The lowest BCUT2D eigenvalue weighted by Crippen LogP contribution is -2.41. The minimum Gasteiger partial charge on any atom is -0.331 e. The van der Waals surface area contributed by atoms with E-state index in [2.05, 4.69) is 80.4 Å². The van der Waals surface area contributed by atoms with Gasteiger partial charge in [0.1, 0.15) is 0 Å². The molecular weight excluding hydrogens is 494 g/mol.